The Morgan fingerprint density at radius 3 is 2.75 bits per heavy atom. The average Bonchev–Trinajstić information content (AvgIpc) is 2.40. The Morgan fingerprint density at radius 2 is 2.15 bits per heavy atom. The fourth-order valence-electron chi connectivity index (χ4n) is 2.52. The molecule has 1 fully saturated rings. The number of rotatable bonds is 3. The Bertz CT molecular complexity index is 456. The van der Waals surface area contributed by atoms with Crippen molar-refractivity contribution in [3.63, 3.8) is 0 Å². The number of nitrogens with one attached hydrogen (secondary N) is 1. The number of halogens is 1. The van der Waals surface area contributed by atoms with E-state index >= 15 is 0 Å². The Labute approximate surface area is 121 Å². The van der Waals surface area contributed by atoms with Gasteiger partial charge in [-0.05, 0) is 24.5 Å². The Kier molecular flexibility index (Phi) is 4.53. The van der Waals surface area contributed by atoms with Crippen molar-refractivity contribution < 1.29 is 9.13 Å². The van der Waals surface area contributed by atoms with Crippen LogP contribution in [0.15, 0.2) is 18.2 Å². The highest BCUT2D eigenvalue weighted by atomic mass is 19.1. The number of hydrogen-bond donors (Lipinski definition) is 1. The summed E-state index contributed by atoms with van der Waals surface area (Å²) in [4.78, 5) is 2.24. The fraction of sp³-hybridized carbons (Fsp3) is 0.625. The van der Waals surface area contributed by atoms with Crippen molar-refractivity contribution in [3.05, 3.63) is 24.0 Å². The van der Waals surface area contributed by atoms with Crippen molar-refractivity contribution in [1.29, 1.82) is 0 Å². The standard InChI is InChI=1S/C16H25FN2O/c1-5-20-14-7-6-12(10-13(14)17)19-9-8-18-15(11-19)16(2,3)4/h6-7,10,15,18H,5,8-9,11H2,1-4H3. The van der Waals surface area contributed by atoms with Gasteiger partial charge >= 0.3 is 0 Å². The van der Waals surface area contributed by atoms with Crippen molar-refractivity contribution in [2.75, 3.05) is 31.1 Å². The number of anilines is 1. The van der Waals surface area contributed by atoms with Crippen molar-refractivity contribution >= 4 is 5.69 Å². The van der Waals surface area contributed by atoms with Crippen LogP contribution < -0.4 is 15.0 Å². The molecule has 0 aromatic heterocycles. The average molecular weight is 280 g/mol. The van der Waals surface area contributed by atoms with Gasteiger partial charge in [-0.25, -0.2) is 4.39 Å². The molecule has 1 aromatic rings. The lowest BCUT2D eigenvalue weighted by molar-refractivity contribution is 0.254. The number of piperazine rings is 1. The van der Waals surface area contributed by atoms with E-state index in [1.54, 1.807) is 12.1 Å². The van der Waals surface area contributed by atoms with Crippen LogP contribution in [0.3, 0.4) is 0 Å². The molecule has 1 N–H and O–H groups in total. The molecule has 1 heterocycles. The number of benzene rings is 1. The molecule has 20 heavy (non-hydrogen) atoms. The fourth-order valence-corrected chi connectivity index (χ4v) is 2.52. The lowest BCUT2D eigenvalue weighted by Gasteiger charge is -2.41. The summed E-state index contributed by atoms with van der Waals surface area (Å²) in [5.74, 6) is 0.0500. The summed E-state index contributed by atoms with van der Waals surface area (Å²) >= 11 is 0. The highest BCUT2D eigenvalue weighted by Crippen LogP contribution is 2.27. The predicted octanol–water partition coefficient (Wildman–Crippen LogP) is 3.05. The molecule has 0 saturated carbocycles. The lowest BCUT2D eigenvalue weighted by Crippen LogP contribution is -2.56. The van der Waals surface area contributed by atoms with Crippen LogP contribution in [-0.2, 0) is 0 Å². The minimum atomic E-state index is -0.282. The van der Waals surface area contributed by atoms with E-state index < -0.39 is 0 Å². The number of nitrogens with zero attached hydrogens (tertiary/aromatic N) is 1. The Hall–Kier alpha value is -1.29. The third kappa shape index (κ3) is 3.42. The first-order valence-electron chi connectivity index (χ1n) is 7.32. The van der Waals surface area contributed by atoms with Gasteiger partial charge in [0.05, 0.1) is 6.61 Å². The van der Waals surface area contributed by atoms with Crippen LogP contribution in [0.2, 0.25) is 0 Å². The molecule has 1 aliphatic rings. The molecule has 0 radical (unpaired) electrons. The SMILES string of the molecule is CCOc1ccc(N2CCNC(C(C)(C)C)C2)cc1F. The zero-order valence-corrected chi connectivity index (χ0v) is 12.9. The molecule has 4 heteroatoms. The first-order chi connectivity index (χ1) is 9.41. The molecule has 1 aliphatic heterocycles. The molecule has 1 saturated heterocycles. The molecule has 1 atom stereocenters. The second-order valence-corrected chi connectivity index (χ2v) is 6.37. The second-order valence-electron chi connectivity index (χ2n) is 6.37. The van der Waals surface area contributed by atoms with Crippen LogP contribution in [0, 0.1) is 11.2 Å². The first-order valence-corrected chi connectivity index (χ1v) is 7.32. The van der Waals surface area contributed by atoms with Crippen LogP contribution in [0.4, 0.5) is 10.1 Å². The summed E-state index contributed by atoms with van der Waals surface area (Å²) in [5.41, 5.74) is 1.13. The molecular formula is C16H25FN2O. The van der Waals surface area contributed by atoms with E-state index in [-0.39, 0.29) is 11.2 Å². The molecule has 0 bridgehead atoms. The lowest BCUT2D eigenvalue weighted by atomic mass is 9.85. The van der Waals surface area contributed by atoms with Crippen molar-refractivity contribution in [3.8, 4) is 5.75 Å². The van der Waals surface area contributed by atoms with Crippen LogP contribution in [-0.4, -0.2) is 32.3 Å². The summed E-state index contributed by atoms with van der Waals surface area (Å²) in [6, 6.07) is 5.66. The molecule has 0 aliphatic carbocycles. The molecule has 1 unspecified atom stereocenters. The van der Waals surface area contributed by atoms with Gasteiger partial charge in [-0.3, -0.25) is 0 Å². The largest absolute Gasteiger partial charge is 0.491 e. The van der Waals surface area contributed by atoms with Gasteiger partial charge in [0.15, 0.2) is 11.6 Å². The summed E-state index contributed by atoms with van der Waals surface area (Å²) in [5, 5.41) is 3.54. The van der Waals surface area contributed by atoms with Crippen LogP contribution in [0.1, 0.15) is 27.7 Å². The first kappa shape index (κ1) is 15.1. The molecule has 3 nitrogen and oxygen atoms in total. The maximum absolute atomic E-state index is 14.0. The van der Waals surface area contributed by atoms with Crippen LogP contribution >= 0.6 is 0 Å². The number of ether oxygens (including phenoxy) is 1. The van der Waals surface area contributed by atoms with Gasteiger partial charge in [0, 0.05) is 37.4 Å². The van der Waals surface area contributed by atoms with E-state index in [2.05, 4.69) is 31.0 Å². The summed E-state index contributed by atoms with van der Waals surface area (Å²) in [6.45, 7) is 11.8. The third-order valence-corrected chi connectivity index (χ3v) is 3.80. The number of hydrogen-bond acceptors (Lipinski definition) is 3. The Morgan fingerprint density at radius 1 is 1.40 bits per heavy atom. The van der Waals surface area contributed by atoms with Gasteiger partial charge in [-0.15, -0.1) is 0 Å². The molecule has 1 aromatic carbocycles. The van der Waals surface area contributed by atoms with Crippen molar-refractivity contribution in [2.45, 2.75) is 33.7 Å². The molecule has 112 valence electrons. The van der Waals surface area contributed by atoms with Crippen molar-refractivity contribution in [2.24, 2.45) is 5.41 Å². The van der Waals surface area contributed by atoms with Gasteiger partial charge in [0.2, 0.25) is 0 Å². The highest BCUT2D eigenvalue weighted by Gasteiger charge is 2.29. The van der Waals surface area contributed by atoms with Gasteiger partial charge < -0.3 is 15.0 Å². The second kappa shape index (κ2) is 6.00. The van der Waals surface area contributed by atoms with Gasteiger partial charge in [0.1, 0.15) is 0 Å². The zero-order valence-electron chi connectivity index (χ0n) is 12.9. The molecule has 0 amide bonds. The van der Waals surface area contributed by atoms with E-state index in [0.717, 1.165) is 25.3 Å². The highest BCUT2D eigenvalue weighted by molar-refractivity contribution is 5.50. The van der Waals surface area contributed by atoms with Gasteiger partial charge in [-0.2, -0.15) is 0 Å². The monoisotopic (exact) mass is 280 g/mol. The molecule has 0 spiro atoms. The Balaban J connectivity index is 2.13. The maximum atomic E-state index is 14.0. The summed E-state index contributed by atoms with van der Waals surface area (Å²) in [6.07, 6.45) is 0. The zero-order chi connectivity index (χ0) is 14.8. The predicted molar refractivity (Wildman–Crippen MR) is 81.0 cm³/mol. The van der Waals surface area contributed by atoms with E-state index in [1.807, 2.05) is 13.0 Å². The smallest absolute Gasteiger partial charge is 0.167 e. The van der Waals surface area contributed by atoms with Crippen LogP contribution in [0.5, 0.6) is 5.75 Å². The summed E-state index contributed by atoms with van der Waals surface area (Å²) in [7, 11) is 0. The van der Waals surface area contributed by atoms with E-state index in [4.69, 9.17) is 4.74 Å². The van der Waals surface area contributed by atoms with Gasteiger partial charge in [-0.1, -0.05) is 20.8 Å². The third-order valence-electron chi connectivity index (χ3n) is 3.80. The minimum absolute atomic E-state index is 0.197. The maximum Gasteiger partial charge on any atom is 0.167 e. The van der Waals surface area contributed by atoms with Crippen LogP contribution in [0.25, 0.3) is 0 Å². The summed E-state index contributed by atoms with van der Waals surface area (Å²) < 4.78 is 19.2. The van der Waals surface area contributed by atoms with E-state index in [0.29, 0.717) is 18.4 Å². The van der Waals surface area contributed by atoms with E-state index in [9.17, 15) is 4.39 Å². The minimum Gasteiger partial charge on any atom is -0.491 e. The quantitative estimate of drug-likeness (QED) is 0.921. The topological polar surface area (TPSA) is 24.5 Å². The van der Waals surface area contributed by atoms with Gasteiger partial charge in [0.25, 0.3) is 0 Å². The molecular weight excluding hydrogens is 255 g/mol. The normalized spacial score (nSPS) is 20.1. The van der Waals surface area contributed by atoms with Crippen molar-refractivity contribution in [1.82, 2.24) is 5.32 Å². The molecule has 2 rings (SSSR count). The van der Waals surface area contributed by atoms with E-state index in [1.165, 1.54) is 0 Å².